The number of hydrogen-bond acceptors (Lipinski definition) is 4. The lowest BCUT2D eigenvalue weighted by Gasteiger charge is -2.54. The van der Waals surface area contributed by atoms with Crippen molar-refractivity contribution in [2.75, 3.05) is 26.7 Å². The minimum absolute atomic E-state index is 0.119. The molecule has 2 aromatic carbocycles. The Labute approximate surface area is 183 Å². The van der Waals surface area contributed by atoms with Crippen LogP contribution in [-0.4, -0.2) is 60.6 Å². The van der Waals surface area contributed by atoms with Gasteiger partial charge in [0, 0.05) is 31.2 Å². The third kappa shape index (κ3) is 4.54. The number of nitrogens with zero attached hydrogens (tertiary/aromatic N) is 2. The Morgan fingerprint density at radius 2 is 1.81 bits per heavy atom. The highest BCUT2D eigenvalue weighted by molar-refractivity contribution is 5.94. The van der Waals surface area contributed by atoms with Crippen molar-refractivity contribution < 1.29 is 18.7 Å². The number of carbonyl (C=O) groups excluding carboxylic acids is 1. The molecule has 0 spiro atoms. The van der Waals surface area contributed by atoms with Crippen LogP contribution < -0.4 is 9.47 Å². The molecular formula is C25H31FN2O3. The molecule has 0 aromatic heterocycles. The van der Waals surface area contributed by atoms with Crippen molar-refractivity contribution in [3.63, 3.8) is 0 Å². The lowest BCUT2D eigenvalue weighted by Crippen LogP contribution is -2.68. The average molecular weight is 427 g/mol. The standard InChI is InChI=1S/C25H31FN2O3/c1-17(2)28-16-23(31-20-7-5-4-6-8-20)24(28)18-11-13-27(14-12-18)25(29)19-9-10-22(30-3)21(26)15-19/h4-10,15,17-18,23-24H,11-14,16H2,1-3H3/t23-,24-/m0/s1. The maximum Gasteiger partial charge on any atom is 0.253 e. The van der Waals surface area contributed by atoms with Crippen LogP contribution in [0.4, 0.5) is 4.39 Å². The second-order valence-electron chi connectivity index (χ2n) is 8.73. The quantitative estimate of drug-likeness (QED) is 0.693. The van der Waals surface area contributed by atoms with Crippen molar-refractivity contribution in [1.82, 2.24) is 9.80 Å². The van der Waals surface area contributed by atoms with E-state index in [2.05, 4.69) is 18.7 Å². The van der Waals surface area contributed by atoms with Gasteiger partial charge in [-0.2, -0.15) is 0 Å². The highest BCUT2D eigenvalue weighted by atomic mass is 19.1. The summed E-state index contributed by atoms with van der Waals surface area (Å²) in [6.45, 7) is 6.74. The Bertz CT molecular complexity index is 897. The number of ether oxygens (including phenoxy) is 2. The van der Waals surface area contributed by atoms with Crippen molar-refractivity contribution in [2.45, 2.75) is 44.9 Å². The number of halogens is 1. The lowest BCUT2D eigenvalue weighted by atomic mass is 9.79. The van der Waals surface area contributed by atoms with Gasteiger partial charge in [0.15, 0.2) is 11.6 Å². The molecule has 0 bridgehead atoms. The highest BCUT2D eigenvalue weighted by Gasteiger charge is 2.47. The number of methoxy groups -OCH3 is 1. The smallest absolute Gasteiger partial charge is 0.253 e. The van der Waals surface area contributed by atoms with Crippen LogP contribution in [0.15, 0.2) is 48.5 Å². The number of piperidine rings is 1. The van der Waals surface area contributed by atoms with Gasteiger partial charge in [-0.15, -0.1) is 0 Å². The minimum atomic E-state index is -0.508. The van der Waals surface area contributed by atoms with Crippen LogP contribution in [0.25, 0.3) is 0 Å². The molecule has 2 aromatic rings. The molecule has 2 fully saturated rings. The zero-order valence-corrected chi connectivity index (χ0v) is 18.5. The first-order chi connectivity index (χ1) is 15.0. The molecule has 2 saturated heterocycles. The highest BCUT2D eigenvalue weighted by Crippen LogP contribution is 2.36. The van der Waals surface area contributed by atoms with Crippen LogP contribution in [0, 0.1) is 11.7 Å². The van der Waals surface area contributed by atoms with Crippen molar-refractivity contribution in [1.29, 1.82) is 0 Å². The van der Waals surface area contributed by atoms with Gasteiger partial charge in [-0.1, -0.05) is 18.2 Å². The monoisotopic (exact) mass is 426 g/mol. The predicted octanol–water partition coefficient (Wildman–Crippen LogP) is 4.23. The fourth-order valence-corrected chi connectivity index (χ4v) is 4.85. The van der Waals surface area contributed by atoms with Crippen molar-refractivity contribution in [3.8, 4) is 11.5 Å². The molecule has 0 unspecified atom stereocenters. The van der Waals surface area contributed by atoms with E-state index in [0.29, 0.717) is 36.7 Å². The van der Waals surface area contributed by atoms with Gasteiger partial charge in [0.25, 0.3) is 5.91 Å². The number of para-hydroxylation sites is 1. The van der Waals surface area contributed by atoms with Crippen LogP contribution in [-0.2, 0) is 0 Å². The molecule has 4 rings (SSSR count). The summed E-state index contributed by atoms with van der Waals surface area (Å²) >= 11 is 0. The Morgan fingerprint density at radius 1 is 1.10 bits per heavy atom. The van der Waals surface area contributed by atoms with Crippen LogP contribution in [0.5, 0.6) is 11.5 Å². The molecule has 2 aliphatic heterocycles. The largest absolute Gasteiger partial charge is 0.494 e. The molecule has 0 saturated carbocycles. The molecular weight excluding hydrogens is 395 g/mol. The van der Waals surface area contributed by atoms with E-state index in [0.717, 1.165) is 25.1 Å². The number of rotatable bonds is 6. The summed E-state index contributed by atoms with van der Waals surface area (Å²) in [5.41, 5.74) is 0.370. The number of benzene rings is 2. The summed E-state index contributed by atoms with van der Waals surface area (Å²) in [5.74, 6) is 0.910. The molecule has 5 nitrogen and oxygen atoms in total. The minimum Gasteiger partial charge on any atom is -0.494 e. The van der Waals surface area contributed by atoms with Crippen molar-refractivity contribution in [2.24, 2.45) is 5.92 Å². The van der Waals surface area contributed by atoms with Gasteiger partial charge in [-0.25, -0.2) is 4.39 Å². The number of hydrogen-bond donors (Lipinski definition) is 0. The van der Waals surface area contributed by atoms with Gasteiger partial charge in [0.1, 0.15) is 11.9 Å². The van der Waals surface area contributed by atoms with E-state index in [9.17, 15) is 9.18 Å². The molecule has 1 amide bonds. The summed E-state index contributed by atoms with van der Waals surface area (Å²) in [4.78, 5) is 17.2. The third-order valence-electron chi connectivity index (χ3n) is 6.56. The van der Waals surface area contributed by atoms with Crippen LogP contribution in [0.2, 0.25) is 0 Å². The van der Waals surface area contributed by atoms with E-state index in [-0.39, 0.29) is 17.8 Å². The van der Waals surface area contributed by atoms with Gasteiger partial charge in [0.05, 0.1) is 13.2 Å². The fourth-order valence-electron chi connectivity index (χ4n) is 4.85. The molecule has 0 N–H and O–H groups in total. The molecule has 31 heavy (non-hydrogen) atoms. The summed E-state index contributed by atoms with van der Waals surface area (Å²) in [5, 5.41) is 0. The first kappa shape index (κ1) is 21.6. The van der Waals surface area contributed by atoms with Crippen molar-refractivity contribution >= 4 is 5.91 Å². The SMILES string of the molecule is COc1ccc(C(=O)N2CCC([C@H]3[C@@H](Oc4ccccc4)CN3C(C)C)CC2)cc1F. The van der Waals surface area contributed by atoms with Crippen LogP contribution >= 0.6 is 0 Å². The van der Waals surface area contributed by atoms with Gasteiger partial charge in [0.2, 0.25) is 0 Å². The Kier molecular flexibility index (Phi) is 6.46. The second kappa shape index (κ2) is 9.27. The summed E-state index contributed by atoms with van der Waals surface area (Å²) in [6.07, 6.45) is 2.02. The lowest BCUT2D eigenvalue weighted by molar-refractivity contribution is -0.0983. The Hall–Kier alpha value is -2.60. The zero-order chi connectivity index (χ0) is 22.0. The third-order valence-corrected chi connectivity index (χ3v) is 6.56. The predicted molar refractivity (Wildman–Crippen MR) is 118 cm³/mol. The van der Waals surface area contributed by atoms with E-state index in [1.54, 1.807) is 6.07 Å². The average Bonchev–Trinajstić information content (AvgIpc) is 2.76. The van der Waals surface area contributed by atoms with E-state index in [4.69, 9.17) is 9.47 Å². The van der Waals surface area contributed by atoms with Crippen molar-refractivity contribution in [3.05, 3.63) is 59.9 Å². The van der Waals surface area contributed by atoms with Gasteiger partial charge in [-0.3, -0.25) is 9.69 Å². The first-order valence-electron chi connectivity index (χ1n) is 11.1. The molecule has 2 heterocycles. The van der Waals surface area contributed by atoms with E-state index < -0.39 is 5.82 Å². The number of likely N-dealkylation sites (tertiary alicyclic amines) is 2. The normalized spacial score (nSPS) is 22.3. The fraction of sp³-hybridized carbons (Fsp3) is 0.480. The molecule has 6 heteroatoms. The summed E-state index contributed by atoms with van der Waals surface area (Å²) < 4.78 is 25.3. The van der Waals surface area contributed by atoms with Gasteiger partial charge in [-0.05, 0) is 62.9 Å². The Balaban J connectivity index is 1.39. The summed E-state index contributed by atoms with van der Waals surface area (Å²) in [7, 11) is 1.42. The van der Waals surface area contributed by atoms with E-state index >= 15 is 0 Å². The molecule has 2 atom stereocenters. The van der Waals surface area contributed by atoms with E-state index in [1.807, 2.05) is 35.2 Å². The molecule has 0 radical (unpaired) electrons. The number of carbonyl (C=O) groups is 1. The summed E-state index contributed by atoms with van der Waals surface area (Å²) in [6, 6.07) is 15.2. The number of amides is 1. The van der Waals surface area contributed by atoms with Crippen LogP contribution in [0.3, 0.4) is 0 Å². The second-order valence-corrected chi connectivity index (χ2v) is 8.73. The van der Waals surface area contributed by atoms with Gasteiger partial charge >= 0.3 is 0 Å². The van der Waals surface area contributed by atoms with Crippen LogP contribution in [0.1, 0.15) is 37.0 Å². The molecule has 166 valence electrons. The zero-order valence-electron chi connectivity index (χ0n) is 18.5. The maximum atomic E-state index is 14.0. The maximum absolute atomic E-state index is 14.0. The Morgan fingerprint density at radius 3 is 2.42 bits per heavy atom. The molecule has 0 aliphatic carbocycles. The van der Waals surface area contributed by atoms with Gasteiger partial charge < -0.3 is 14.4 Å². The first-order valence-corrected chi connectivity index (χ1v) is 11.1. The topological polar surface area (TPSA) is 42.0 Å². The molecule has 2 aliphatic rings. The van der Waals surface area contributed by atoms with E-state index in [1.165, 1.54) is 19.2 Å².